The molecule has 0 aromatic heterocycles. The summed E-state index contributed by atoms with van der Waals surface area (Å²) >= 11 is 0. The third kappa shape index (κ3) is 7.24. The van der Waals surface area contributed by atoms with Crippen LogP contribution in [0, 0.1) is 0 Å². The second-order valence-corrected chi connectivity index (χ2v) is 6.12. The van der Waals surface area contributed by atoms with Crippen molar-refractivity contribution in [1.82, 2.24) is 0 Å². The van der Waals surface area contributed by atoms with Crippen molar-refractivity contribution >= 4 is 11.9 Å². The lowest BCUT2D eigenvalue weighted by Crippen LogP contribution is -2.33. The lowest BCUT2D eigenvalue weighted by molar-refractivity contribution is -0.884. The van der Waals surface area contributed by atoms with Crippen LogP contribution in [0.5, 0.6) is 0 Å². The van der Waals surface area contributed by atoms with Gasteiger partial charge in [-0.3, -0.25) is 0 Å². The first-order valence-electron chi connectivity index (χ1n) is 7.10. The highest BCUT2D eigenvalue weighted by Gasteiger charge is 2.06. The van der Waals surface area contributed by atoms with E-state index in [2.05, 4.69) is 51.5 Å². The molecule has 5 nitrogen and oxygen atoms in total. The van der Waals surface area contributed by atoms with Gasteiger partial charge in [-0.2, -0.15) is 0 Å². The van der Waals surface area contributed by atoms with E-state index in [-0.39, 0.29) is 11.1 Å². The molecule has 0 heterocycles. The predicted octanol–water partition coefficient (Wildman–Crippen LogP) is 2.98. The molecule has 2 N–H and O–H groups in total. The largest absolute Gasteiger partial charge is 0.478 e. The second kappa shape index (κ2) is 8.10. The average molecular weight is 316 g/mol. The van der Waals surface area contributed by atoms with Gasteiger partial charge in [0, 0.05) is 5.56 Å². The molecule has 0 saturated carbocycles. The Kier molecular flexibility index (Phi) is 6.48. The Morgan fingerprint density at radius 3 is 1.48 bits per heavy atom. The smallest absolute Gasteiger partial charge is 0.335 e. The standard InChI is InChI=1S/C10H16N.C8H6O4/c1-11(2,3)9-10-7-5-4-6-8-10;9-7(10)5-1-2-6(4-3-5)8(11)12/h4-8H,9H2,1-3H3;1-4H,(H,9,10)(H,11,12)/q+1;. The van der Waals surface area contributed by atoms with Crippen LogP contribution >= 0.6 is 0 Å². The van der Waals surface area contributed by atoms with Crippen LogP contribution in [0.2, 0.25) is 0 Å². The highest BCUT2D eigenvalue weighted by molar-refractivity contribution is 5.91. The van der Waals surface area contributed by atoms with E-state index in [4.69, 9.17) is 10.2 Å². The van der Waals surface area contributed by atoms with Gasteiger partial charge in [0.2, 0.25) is 0 Å². The zero-order chi connectivity index (χ0) is 17.5. The van der Waals surface area contributed by atoms with Crippen molar-refractivity contribution in [3.63, 3.8) is 0 Å². The number of hydrogen-bond acceptors (Lipinski definition) is 2. The van der Waals surface area contributed by atoms with Gasteiger partial charge in [-0.05, 0) is 24.3 Å². The quantitative estimate of drug-likeness (QED) is 0.850. The van der Waals surface area contributed by atoms with Gasteiger partial charge >= 0.3 is 11.9 Å². The fourth-order valence-corrected chi connectivity index (χ4v) is 1.89. The molecule has 0 aliphatic carbocycles. The molecule has 0 fully saturated rings. The zero-order valence-electron chi connectivity index (χ0n) is 13.6. The number of carbonyl (C=O) groups is 2. The van der Waals surface area contributed by atoms with E-state index in [0.717, 1.165) is 11.0 Å². The van der Waals surface area contributed by atoms with E-state index in [1.54, 1.807) is 0 Å². The van der Waals surface area contributed by atoms with Gasteiger partial charge in [-0.15, -0.1) is 0 Å². The van der Waals surface area contributed by atoms with Crippen molar-refractivity contribution in [3.05, 3.63) is 71.3 Å². The molecule has 0 saturated heterocycles. The molecule has 2 aromatic carbocycles. The second-order valence-electron chi connectivity index (χ2n) is 6.12. The number of quaternary nitrogens is 1. The maximum atomic E-state index is 10.3. The van der Waals surface area contributed by atoms with E-state index in [1.165, 1.54) is 29.8 Å². The summed E-state index contributed by atoms with van der Waals surface area (Å²) in [4.78, 5) is 20.7. The van der Waals surface area contributed by atoms with Crippen molar-refractivity contribution < 1.29 is 24.3 Å². The lowest BCUT2D eigenvalue weighted by Gasteiger charge is -2.23. The summed E-state index contributed by atoms with van der Waals surface area (Å²) in [7, 11) is 6.60. The first-order chi connectivity index (χ1) is 10.7. The Morgan fingerprint density at radius 2 is 1.17 bits per heavy atom. The molecule has 0 aliphatic heterocycles. The number of carboxylic acid groups (broad SMARTS) is 2. The summed E-state index contributed by atoms with van der Waals surface area (Å²) in [5.74, 6) is -2.13. The third-order valence-corrected chi connectivity index (χ3v) is 2.88. The first kappa shape index (κ1) is 18.4. The molecule has 0 unspecified atom stereocenters. The lowest BCUT2D eigenvalue weighted by atomic mass is 10.1. The first-order valence-corrected chi connectivity index (χ1v) is 7.10. The Morgan fingerprint density at radius 1 is 0.783 bits per heavy atom. The molecule has 0 amide bonds. The van der Waals surface area contributed by atoms with Crippen LogP contribution in [-0.2, 0) is 6.54 Å². The molecular weight excluding hydrogens is 294 g/mol. The highest BCUT2D eigenvalue weighted by atomic mass is 16.4. The Bertz CT molecular complexity index is 610. The van der Waals surface area contributed by atoms with Crippen LogP contribution < -0.4 is 0 Å². The van der Waals surface area contributed by atoms with Gasteiger partial charge in [-0.1, -0.05) is 30.3 Å². The Labute approximate surface area is 136 Å². The molecule has 0 atom stereocenters. The van der Waals surface area contributed by atoms with Gasteiger partial charge in [0.1, 0.15) is 6.54 Å². The summed E-state index contributed by atoms with van der Waals surface area (Å²) in [6.07, 6.45) is 0. The van der Waals surface area contributed by atoms with Gasteiger partial charge < -0.3 is 14.7 Å². The highest BCUT2D eigenvalue weighted by Crippen LogP contribution is 2.05. The number of hydrogen-bond donors (Lipinski definition) is 2. The Hall–Kier alpha value is -2.66. The van der Waals surface area contributed by atoms with Crippen LogP contribution in [0.4, 0.5) is 0 Å². The third-order valence-electron chi connectivity index (χ3n) is 2.88. The van der Waals surface area contributed by atoms with Gasteiger partial charge in [-0.25, -0.2) is 9.59 Å². The predicted molar refractivity (Wildman–Crippen MR) is 88.5 cm³/mol. The van der Waals surface area contributed by atoms with Crippen LogP contribution in [0.25, 0.3) is 0 Å². The van der Waals surface area contributed by atoms with Crippen molar-refractivity contribution in [2.75, 3.05) is 21.1 Å². The van der Waals surface area contributed by atoms with E-state index in [1.807, 2.05) is 0 Å². The average Bonchev–Trinajstić information content (AvgIpc) is 2.47. The number of rotatable bonds is 4. The molecule has 2 aromatic rings. The number of benzene rings is 2. The molecule has 2 rings (SSSR count). The summed E-state index contributed by atoms with van der Waals surface area (Å²) in [5, 5.41) is 16.9. The van der Waals surface area contributed by atoms with Crippen LogP contribution in [0.1, 0.15) is 26.3 Å². The summed E-state index contributed by atoms with van der Waals surface area (Å²) < 4.78 is 0.990. The van der Waals surface area contributed by atoms with E-state index >= 15 is 0 Å². The molecule has 0 radical (unpaired) electrons. The minimum absolute atomic E-state index is 0.0833. The minimum atomic E-state index is -1.06. The Balaban J connectivity index is 0.000000231. The van der Waals surface area contributed by atoms with Crippen LogP contribution in [-0.4, -0.2) is 47.8 Å². The molecule has 0 bridgehead atoms. The summed E-state index contributed by atoms with van der Waals surface area (Å²) in [5.41, 5.74) is 1.57. The van der Waals surface area contributed by atoms with Crippen molar-refractivity contribution in [2.45, 2.75) is 6.54 Å². The van der Waals surface area contributed by atoms with E-state index < -0.39 is 11.9 Å². The molecular formula is C18H22NO4+. The number of nitrogens with zero attached hydrogens (tertiary/aromatic N) is 1. The zero-order valence-corrected chi connectivity index (χ0v) is 13.6. The van der Waals surface area contributed by atoms with Gasteiger partial charge in [0.05, 0.1) is 32.3 Å². The van der Waals surface area contributed by atoms with E-state index in [9.17, 15) is 9.59 Å². The SMILES string of the molecule is C[N+](C)(C)Cc1ccccc1.O=C(O)c1ccc(C(=O)O)cc1. The van der Waals surface area contributed by atoms with Crippen LogP contribution in [0.15, 0.2) is 54.6 Å². The molecule has 0 aliphatic rings. The summed E-state index contributed by atoms with van der Waals surface area (Å²) in [6.45, 7) is 1.10. The normalized spacial score (nSPS) is 10.4. The molecule has 5 heteroatoms. The molecule has 122 valence electrons. The van der Waals surface area contributed by atoms with Gasteiger partial charge in [0.15, 0.2) is 0 Å². The van der Waals surface area contributed by atoms with E-state index in [0.29, 0.717) is 0 Å². The monoisotopic (exact) mass is 316 g/mol. The summed E-state index contributed by atoms with van der Waals surface area (Å²) in [6, 6.07) is 15.6. The fourth-order valence-electron chi connectivity index (χ4n) is 1.89. The fraction of sp³-hybridized carbons (Fsp3) is 0.222. The van der Waals surface area contributed by atoms with Crippen LogP contribution in [0.3, 0.4) is 0 Å². The topological polar surface area (TPSA) is 74.6 Å². The number of aromatic carboxylic acids is 2. The van der Waals surface area contributed by atoms with Crippen molar-refractivity contribution in [2.24, 2.45) is 0 Å². The minimum Gasteiger partial charge on any atom is -0.478 e. The molecule has 23 heavy (non-hydrogen) atoms. The van der Waals surface area contributed by atoms with Crippen molar-refractivity contribution in [3.8, 4) is 0 Å². The number of carboxylic acids is 2. The maximum absolute atomic E-state index is 10.3. The molecule has 0 spiro atoms. The maximum Gasteiger partial charge on any atom is 0.335 e. The van der Waals surface area contributed by atoms with Crippen molar-refractivity contribution in [1.29, 1.82) is 0 Å². The van der Waals surface area contributed by atoms with Gasteiger partial charge in [0.25, 0.3) is 0 Å².